The van der Waals surface area contributed by atoms with Gasteiger partial charge in [-0.05, 0) is 70.6 Å². The van der Waals surface area contributed by atoms with Gasteiger partial charge in [0.05, 0.1) is 16.1 Å². The number of hydrogen-bond acceptors (Lipinski definition) is 3. The second kappa shape index (κ2) is 8.37. The number of hydrogen-bond donors (Lipinski definition) is 1. The van der Waals surface area contributed by atoms with E-state index in [1.807, 2.05) is 0 Å². The first-order chi connectivity index (χ1) is 12.7. The van der Waals surface area contributed by atoms with Crippen molar-refractivity contribution in [3.63, 3.8) is 0 Å². The van der Waals surface area contributed by atoms with E-state index in [4.69, 9.17) is 11.6 Å². The Morgan fingerprint density at radius 1 is 1.19 bits per heavy atom. The summed E-state index contributed by atoms with van der Waals surface area (Å²) in [5.41, 5.74) is -0.989. The van der Waals surface area contributed by atoms with Crippen molar-refractivity contribution in [3.05, 3.63) is 34.3 Å². The molecule has 0 saturated carbocycles. The monoisotopic (exact) mass is 403 g/mol. The number of alkyl halides is 3. The Kier molecular flexibility index (Phi) is 6.33. The molecule has 2 aliphatic heterocycles. The molecule has 2 aliphatic rings. The summed E-state index contributed by atoms with van der Waals surface area (Å²) in [7, 11) is 2.12. The van der Waals surface area contributed by atoms with Gasteiger partial charge in [0, 0.05) is 18.6 Å². The quantitative estimate of drug-likeness (QED) is 0.836. The summed E-state index contributed by atoms with van der Waals surface area (Å²) in [4.78, 5) is 17.3. The van der Waals surface area contributed by atoms with Crippen LogP contribution in [0.1, 0.15) is 41.6 Å². The molecular weight excluding hydrogens is 379 g/mol. The number of nitrogens with zero attached hydrogens (tertiary/aromatic N) is 2. The van der Waals surface area contributed by atoms with Gasteiger partial charge in [-0.1, -0.05) is 11.6 Å². The Bertz CT molecular complexity index is 675. The summed E-state index contributed by atoms with van der Waals surface area (Å²) in [6.45, 7) is 3.87. The predicted octanol–water partition coefficient (Wildman–Crippen LogP) is 3.65. The zero-order valence-corrected chi connectivity index (χ0v) is 16.1. The molecule has 150 valence electrons. The van der Waals surface area contributed by atoms with E-state index >= 15 is 0 Å². The van der Waals surface area contributed by atoms with E-state index in [0.717, 1.165) is 70.1 Å². The van der Waals surface area contributed by atoms with E-state index in [0.29, 0.717) is 6.04 Å². The number of amides is 1. The summed E-state index contributed by atoms with van der Waals surface area (Å²) in [5.74, 6) is -0.540. The molecule has 27 heavy (non-hydrogen) atoms. The Morgan fingerprint density at radius 3 is 2.56 bits per heavy atom. The number of halogens is 4. The number of benzene rings is 1. The van der Waals surface area contributed by atoms with Gasteiger partial charge in [0.25, 0.3) is 5.91 Å². The summed E-state index contributed by atoms with van der Waals surface area (Å²) < 4.78 is 38.8. The molecule has 1 amide bonds. The van der Waals surface area contributed by atoms with E-state index < -0.39 is 17.6 Å². The fourth-order valence-corrected chi connectivity index (χ4v) is 4.16. The van der Waals surface area contributed by atoms with Gasteiger partial charge in [0.2, 0.25) is 0 Å². The minimum Gasteiger partial charge on any atom is -0.348 e. The van der Waals surface area contributed by atoms with E-state index in [1.54, 1.807) is 0 Å². The van der Waals surface area contributed by atoms with E-state index in [9.17, 15) is 18.0 Å². The average Bonchev–Trinajstić information content (AvgIpc) is 2.62. The molecule has 0 unspecified atom stereocenters. The van der Waals surface area contributed by atoms with Crippen LogP contribution >= 0.6 is 11.6 Å². The van der Waals surface area contributed by atoms with Crippen molar-refractivity contribution in [2.45, 2.75) is 43.9 Å². The molecule has 1 N–H and O–H groups in total. The van der Waals surface area contributed by atoms with Gasteiger partial charge in [-0.3, -0.25) is 9.69 Å². The molecule has 2 fully saturated rings. The van der Waals surface area contributed by atoms with Crippen LogP contribution in [0.4, 0.5) is 13.2 Å². The van der Waals surface area contributed by atoms with Crippen molar-refractivity contribution in [1.29, 1.82) is 0 Å². The van der Waals surface area contributed by atoms with Crippen molar-refractivity contribution in [3.8, 4) is 0 Å². The topological polar surface area (TPSA) is 35.6 Å². The maximum absolute atomic E-state index is 12.9. The SMILES string of the molecule is CN1CCC(N2CCC[C@@H](NC(=O)c3cc(C(F)(F)F)ccc3Cl)C2)CC1. The minimum absolute atomic E-state index is 0.0310. The number of rotatable bonds is 3. The molecule has 0 spiro atoms. The summed E-state index contributed by atoms with van der Waals surface area (Å²) in [6.07, 6.45) is -0.498. The lowest BCUT2D eigenvalue weighted by Crippen LogP contribution is -2.53. The standard InChI is InChI=1S/C19H25ClF3N3O/c1-25-9-6-15(7-10-25)26-8-2-3-14(12-26)24-18(27)16-11-13(19(21,22)23)4-5-17(16)20/h4-5,11,14-15H,2-3,6-10,12H2,1H3,(H,24,27)/t14-/m1/s1. The summed E-state index contributed by atoms with van der Waals surface area (Å²) >= 11 is 5.98. The molecule has 1 atom stereocenters. The van der Waals surface area contributed by atoms with Crippen molar-refractivity contribution in [1.82, 2.24) is 15.1 Å². The third kappa shape index (κ3) is 5.15. The second-order valence-corrected chi connectivity index (χ2v) is 7.94. The first-order valence-electron chi connectivity index (χ1n) is 9.34. The third-order valence-corrected chi connectivity index (χ3v) is 5.86. The average molecular weight is 404 g/mol. The van der Waals surface area contributed by atoms with Gasteiger partial charge in [0.1, 0.15) is 0 Å². The summed E-state index contributed by atoms with van der Waals surface area (Å²) in [6, 6.07) is 3.29. The van der Waals surface area contributed by atoms with Gasteiger partial charge in [-0.2, -0.15) is 13.2 Å². The van der Waals surface area contributed by atoms with Crippen LogP contribution in [0, 0.1) is 0 Å². The zero-order valence-electron chi connectivity index (χ0n) is 15.4. The number of carbonyl (C=O) groups is 1. The van der Waals surface area contributed by atoms with Crippen LogP contribution in [0.3, 0.4) is 0 Å². The Balaban J connectivity index is 1.64. The van der Waals surface area contributed by atoms with Crippen LogP contribution in [-0.4, -0.2) is 61.0 Å². The Hall–Kier alpha value is -1.31. The number of carbonyl (C=O) groups excluding carboxylic acids is 1. The van der Waals surface area contributed by atoms with E-state index in [-0.39, 0.29) is 16.6 Å². The van der Waals surface area contributed by atoms with Gasteiger partial charge in [0.15, 0.2) is 0 Å². The first-order valence-corrected chi connectivity index (χ1v) is 9.72. The maximum atomic E-state index is 12.9. The van der Waals surface area contributed by atoms with Crippen LogP contribution < -0.4 is 5.32 Å². The van der Waals surface area contributed by atoms with E-state index in [1.165, 1.54) is 0 Å². The predicted molar refractivity (Wildman–Crippen MR) is 99.0 cm³/mol. The lowest BCUT2D eigenvalue weighted by Gasteiger charge is -2.41. The van der Waals surface area contributed by atoms with E-state index in [2.05, 4.69) is 22.2 Å². The van der Waals surface area contributed by atoms with Crippen LogP contribution in [-0.2, 0) is 6.18 Å². The highest BCUT2D eigenvalue weighted by atomic mass is 35.5. The molecule has 0 radical (unpaired) electrons. The molecule has 2 saturated heterocycles. The molecular formula is C19H25ClF3N3O. The molecule has 0 aliphatic carbocycles. The maximum Gasteiger partial charge on any atom is 0.416 e. The normalized spacial score (nSPS) is 23.4. The van der Waals surface area contributed by atoms with Gasteiger partial charge in [-0.25, -0.2) is 0 Å². The highest BCUT2D eigenvalue weighted by molar-refractivity contribution is 6.33. The number of nitrogens with one attached hydrogen (secondary N) is 1. The van der Waals surface area contributed by atoms with Crippen LogP contribution in [0.5, 0.6) is 0 Å². The van der Waals surface area contributed by atoms with Gasteiger partial charge < -0.3 is 10.2 Å². The first kappa shape index (κ1) is 20.4. The Labute approximate surface area is 162 Å². The molecule has 1 aromatic rings. The van der Waals surface area contributed by atoms with Crippen molar-refractivity contribution in [2.24, 2.45) is 0 Å². The highest BCUT2D eigenvalue weighted by Crippen LogP contribution is 2.32. The molecule has 1 aromatic carbocycles. The largest absolute Gasteiger partial charge is 0.416 e. The molecule has 0 bridgehead atoms. The fraction of sp³-hybridized carbons (Fsp3) is 0.632. The smallest absolute Gasteiger partial charge is 0.348 e. The molecule has 2 heterocycles. The van der Waals surface area contributed by atoms with Crippen LogP contribution in [0.2, 0.25) is 5.02 Å². The zero-order chi connectivity index (χ0) is 19.6. The minimum atomic E-state index is -4.50. The second-order valence-electron chi connectivity index (χ2n) is 7.53. The lowest BCUT2D eigenvalue weighted by molar-refractivity contribution is -0.137. The number of likely N-dealkylation sites (tertiary alicyclic amines) is 2. The van der Waals surface area contributed by atoms with Gasteiger partial charge in [-0.15, -0.1) is 0 Å². The molecule has 8 heteroatoms. The third-order valence-electron chi connectivity index (χ3n) is 5.53. The molecule has 4 nitrogen and oxygen atoms in total. The molecule has 0 aromatic heterocycles. The highest BCUT2D eigenvalue weighted by Gasteiger charge is 2.33. The van der Waals surface area contributed by atoms with Crippen molar-refractivity contribution in [2.75, 3.05) is 33.2 Å². The van der Waals surface area contributed by atoms with Crippen LogP contribution in [0.25, 0.3) is 0 Å². The molecule has 3 rings (SSSR count). The van der Waals surface area contributed by atoms with Crippen LogP contribution in [0.15, 0.2) is 18.2 Å². The fourth-order valence-electron chi connectivity index (χ4n) is 3.95. The Morgan fingerprint density at radius 2 is 1.89 bits per heavy atom. The number of piperidine rings is 2. The lowest BCUT2D eigenvalue weighted by atomic mass is 9.98. The van der Waals surface area contributed by atoms with Crippen molar-refractivity contribution < 1.29 is 18.0 Å². The summed E-state index contributed by atoms with van der Waals surface area (Å²) in [5, 5.41) is 2.92. The van der Waals surface area contributed by atoms with Crippen molar-refractivity contribution >= 4 is 17.5 Å². The van der Waals surface area contributed by atoms with Gasteiger partial charge >= 0.3 is 6.18 Å².